The first-order valence-electron chi connectivity index (χ1n) is 37.2. The van der Waals surface area contributed by atoms with Crippen molar-refractivity contribution in [2.24, 2.45) is 0 Å². The molecule has 0 radical (unpaired) electrons. The number of aliphatic hydroxyl groups excluding tert-OH is 30. The molecule has 10 aliphatic rings. The molecule has 1 unspecified atom stereocenters. The van der Waals surface area contributed by atoms with E-state index >= 15 is 0 Å². The minimum absolute atomic E-state index is 0.806. The minimum Gasteiger partial charge on any atom is -0.394 e. The van der Waals surface area contributed by atoms with Crippen LogP contribution in [0.2, 0.25) is 0 Å². The molecule has 0 aromatic heterocycles. The normalized spacial score (nSPS) is 51.0. The van der Waals surface area contributed by atoms with Gasteiger partial charge in [0.05, 0.1) is 66.1 Å². The molecule has 680 valence electrons. The quantitative estimate of drug-likeness (QED) is 0.0306. The van der Waals surface area contributed by atoms with E-state index in [1.807, 2.05) is 0 Å². The number of ether oxygens (including phenoxy) is 19. The second-order valence-corrected chi connectivity index (χ2v) is 29.5. The van der Waals surface area contributed by atoms with Gasteiger partial charge in [0.25, 0.3) is 0 Å². The van der Waals surface area contributed by atoms with E-state index in [0.29, 0.717) is 0 Å². The van der Waals surface area contributed by atoms with Crippen molar-refractivity contribution < 1.29 is 253 Å². The maximum absolute atomic E-state index is 13.0. The van der Waals surface area contributed by atoms with Gasteiger partial charge in [-0.15, -0.1) is 0 Å². The van der Waals surface area contributed by atoms with Crippen molar-refractivity contribution in [1.29, 1.82) is 0 Å². The second kappa shape index (κ2) is 41.9. The van der Waals surface area contributed by atoms with E-state index in [4.69, 9.17) is 90.0 Å². The summed E-state index contributed by atoms with van der Waals surface area (Å²) in [4.78, 5) is 25.2. The van der Waals surface area contributed by atoms with E-state index in [-0.39, 0.29) is 0 Å². The Morgan fingerprint density at radius 2 is 0.547 bits per heavy atom. The number of aliphatic hydroxyl groups is 30. The van der Waals surface area contributed by atoms with Gasteiger partial charge in [0.2, 0.25) is 11.8 Å². The number of rotatable bonds is 31. The van der Waals surface area contributed by atoms with E-state index in [1.165, 1.54) is 0 Å². The molecule has 117 heavy (non-hydrogen) atoms. The van der Waals surface area contributed by atoms with Crippen molar-refractivity contribution in [2.45, 2.75) is 321 Å². The molecule has 50 atom stereocenters. The van der Waals surface area contributed by atoms with Crippen molar-refractivity contribution in [3.05, 3.63) is 0 Å². The molecule has 0 spiro atoms. The smallest absolute Gasteiger partial charge is 0.217 e. The summed E-state index contributed by atoms with van der Waals surface area (Å²) in [5.74, 6) is -1.78. The summed E-state index contributed by atoms with van der Waals surface area (Å²) in [5.41, 5.74) is 0. The van der Waals surface area contributed by atoms with Gasteiger partial charge in [-0.25, -0.2) is 0 Å². The Kier molecular flexibility index (Phi) is 34.4. The first-order chi connectivity index (χ1) is 55.4. The van der Waals surface area contributed by atoms with Crippen LogP contribution in [0.5, 0.6) is 0 Å². The molecule has 0 aliphatic carbocycles. The lowest BCUT2D eigenvalue weighted by molar-refractivity contribution is -0.408. The van der Waals surface area contributed by atoms with Gasteiger partial charge >= 0.3 is 0 Å². The Balaban J connectivity index is 1.00. The fraction of sp³-hybridized carbons (Fsp3) is 0.969. The van der Waals surface area contributed by atoms with Gasteiger partial charge < -0.3 is 254 Å². The molecule has 10 fully saturated rings. The number of carbonyl (C=O) groups excluding carboxylic acids is 2. The van der Waals surface area contributed by atoms with E-state index in [1.54, 1.807) is 0 Å². The van der Waals surface area contributed by atoms with Crippen LogP contribution in [0.25, 0.3) is 0 Å². The van der Waals surface area contributed by atoms with Crippen molar-refractivity contribution in [1.82, 2.24) is 10.6 Å². The van der Waals surface area contributed by atoms with Crippen molar-refractivity contribution >= 4 is 11.8 Å². The zero-order valence-corrected chi connectivity index (χ0v) is 61.9. The number of amides is 2. The van der Waals surface area contributed by atoms with Crippen LogP contribution < -0.4 is 10.6 Å². The average Bonchev–Trinajstić information content (AvgIpc) is 1.75. The van der Waals surface area contributed by atoms with E-state index in [9.17, 15) is 163 Å². The Bertz CT molecular complexity index is 3050. The zero-order valence-electron chi connectivity index (χ0n) is 61.9. The van der Waals surface area contributed by atoms with Crippen LogP contribution in [0.15, 0.2) is 0 Å². The number of hydrogen-bond acceptors (Lipinski definition) is 51. The topological polar surface area (TPSA) is 840 Å². The van der Waals surface area contributed by atoms with Crippen LogP contribution in [0.4, 0.5) is 0 Å². The van der Waals surface area contributed by atoms with Gasteiger partial charge in [-0.05, 0) is 0 Å². The third-order valence-corrected chi connectivity index (χ3v) is 21.6. The molecule has 0 aromatic rings. The van der Waals surface area contributed by atoms with Gasteiger partial charge in [-0.2, -0.15) is 0 Å². The first-order valence-corrected chi connectivity index (χ1v) is 37.2. The van der Waals surface area contributed by atoms with Crippen LogP contribution in [-0.2, 0) is 99.6 Å². The molecule has 53 heteroatoms. The number of hydrogen-bond donors (Lipinski definition) is 32. The van der Waals surface area contributed by atoms with Gasteiger partial charge in [0.15, 0.2) is 62.9 Å². The molecule has 53 nitrogen and oxygen atoms in total. The lowest BCUT2D eigenvalue weighted by Crippen LogP contribution is -2.70. The summed E-state index contributed by atoms with van der Waals surface area (Å²) in [6.07, 6.45) is -104. The lowest BCUT2D eigenvalue weighted by atomic mass is 9.94. The molecule has 0 bridgehead atoms. The molecule has 10 saturated heterocycles. The first kappa shape index (κ1) is 96.2. The van der Waals surface area contributed by atoms with E-state index < -0.39 is 385 Å². The number of nitrogens with one attached hydrogen (secondary N) is 2. The highest BCUT2D eigenvalue weighted by Gasteiger charge is 2.62. The monoisotopic (exact) mass is 1720 g/mol. The van der Waals surface area contributed by atoms with Gasteiger partial charge in [0.1, 0.15) is 244 Å². The largest absolute Gasteiger partial charge is 0.394 e. The molecule has 0 saturated carbocycles. The third-order valence-electron chi connectivity index (χ3n) is 21.6. The van der Waals surface area contributed by atoms with Crippen molar-refractivity contribution in [3.8, 4) is 0 Å². The average molecular weight is 1720 g/mol. The Hall–Kier alpha value is -3.02. The zero-order chi connectivity index (χ0) is 85.9. The van der Waals surface area contributed by atoms with E-state index in [2.05, 4.69) is 10.6 Å². The molecule has 10 heterocycles. The van der Waals surface area contributed by atoms with Crippen LogP contribution in [0.1, 0.15) is 13.8 Å². The summed E-state index contributed by atoms with van der Waals surface area (Å²) in [7, 11) is 0. The second-order valence-electron chi connectivity index (χ2n) is 29.5. The van der Waals surface area contributed by atoms with Crippen LogP contribution in [-0.4, -0.2) is 538 Å². The van der Waals surface area contributed by atoms with Gasteiger partial charge in [0, 0.05) is 13.8 Å². The summed E-state index contributed by atoms with van der Waals surface area (Å²) >= 11 is 0. The summed E-state index contributed by atoms with van der Waals surface area (Å²) in [6, 6.07) is -3.64. The van der Waals surface area contributed by atoms with Crippen LogP contribution in [0.3, 0.4) is 0 Å². The molecular weight excluding hydrogens is 1610 g/mol. The lowest BCUT2D eigenvalue weighted by Gasteiger charge is -2.51. The number of carbonyl (C=O) groups is 2. The fourth-order valence-electron chi connectivity index (χ4n) is 15.0. The SMILES string of the molecule is CC(=O)N[C@H]1[C@H](O[C@H]2[C@H](O)[C@@H](NC(C)=O)C(O)O[C@@H]2CO)O[C@H](CO)[C@@H](O[C@@H]2O[C@H](CO[C@H]3O[C@H](CO[C@H]4O[C@H](CO)[C@@H](O)[C@H](O)[C@@H]4O)[C@@H](O)[C@H](O[C@H]4O[C@H](CO)[C@@H](O)[C@H](O)[C@@H]4O[C@H]4O[C@@H]([C@H](O)CO)[C@H](O)[C@H]4O)[C@@H]3O)[C@@H](O)[C@H](O[C@H]3O[C@H](CO)[C@@H](O)[C@H](O)[C@@H]3O[C@H]3O[C@H](CO)[C@@H](O)[C@H](O)[C@@H]3O[C@H]3O[C@H](CO)[C@@H](O)[C@H](O)[C@@H]3O)[C@@H]2O)[C@@H]1O. The predicted octanol–water partition coefficient (Wildman–Crippen LogP) is -22.5. The van der Waals surface area contributed by atoms with Crippen molar-refractivity contribution in [2.75, 3.05) is 66.1 Å². The third kappa shape index (κ3) is 20.7. The summed E-state index contributed by atoms with van der Waals surface area (Å²) in [6.45, 7) is -9.30. The Morgan fingerprint density at radius 1 is 0.265 bits per heavy atom. The van der Waals surface area contributed by atoms with E-state index in [0.717, 1.165) is 13.8 Å². The standard InChI is InChI=1S/C64H108N2O51/c1-13(75)65-25-34(85)48(21(9-73)101-55(25)98)111-56-26(66-14(2)76)35(86)49(22(10-74)107-56)112-61-46(97)51(114-63-54(40(91)31(82)19(7-71)105-63)117-64-53(39(90)30(81)20(8-72)106-64)115-59-43(94)37(88)28(79)17(5-69)103-59)33(84)24(109-61)12-100-58-45(96)50(32(83)23(108-58)11-99-57-42(93)36(87)27(78)16(4-68)102-57)113-62-52(38(89)29(80)18(6-70)104-62)116-60-44(95)41(92)47(110-60)15(77)3-67/h15-64,67-74,77-98H,3-12H2,1-2H3,(H,65,75)(H,66,76)/t15-,16-,17-,18-,19-,20-,21-,22-,23-,24-,25-,26-,27-,28-,29-,30-,31-,32-,33-,34-,35-,36+,37+,38+,39+,40+,41-,42+,43+,44-,45+,46+,47+,48-,49-,50+,51+,52+,53+,54+,55?,56+,57+,58+,59-,60-,61+,62-,63-,64-/m1/s1. The van der Waals surface area contributed by atoms with Crippen LogP contribution in [0, 0.1) is 0 Å². The Morgan fingerprint density at radius 3 is 0.966 bits per heavy atom. The molecule has 0 aromatic carbocycles. The molecule has 10 aliphatic heterocycles. The highest BCUT2D eigenvalue weighted by Crippen LogP contribution is 2.41. The van der Waals surface area contributed by atoms with Gasteiger partial charge in [-0.3, -0.25) is 9.59 Å². The van der Waals surface area contributed by atoms with Crippen LogP contribution >= 0.6 is 0 Å². The summed E-state index contributed by atoms with van der Waals surface area (Å²) < 4.78 is 111. The Labute approximate surface area is 660 Å². The maximum Gasteiger partial charge on any atom is 0.217 e. The summed E-state index contributed by atoms with van der Waals surface area (Å²) in [5, 5.41) is 336. The molecular formula is C64H108N2O51. The molecule has 32 N–H and O–H groups in total. The minimum atomic E-state index is -2.64. The highest BCUT2D eigenvalue weighted by atomic mass is 16.8. The molecule has 10 rings (SSSR count). The predicted molar refractivity (Wildman–Crippen MR) is 353 cm³/mol. The fourth-order valence-corrected chi connectivity index (χ4v) is 15.0. The highest BCUT2D eigenvalue weighted by molar-refractivity contribution is 5.73. The maximum atomic E-state index is 13.0. The van der Waals surface area contributed by atoms with Gasteiger partial charge in [-0.1, -0.05) is 0 Å². The van der Waals surface area contributed by atoms with Crippen molar-refractivity contribution in [3.63, 3.8) is 0 Å². The molecule has 2 amide bonds.